The van der Waals surface area contributed by atoms with Gasteiger partial charge in [-0.25, -0.2) is 12.7 Å². The van der Waals surface area contributed by atoms with Gasteiger partial charge in [-0.2, -0.15) is 0 Å². The monoisotopic (exact) mass is 404 g/mol. The van der Waals surface area contributed by atoms with Crippen LogP contribution >= 0.6 is 11.3 Å². The van der Waals surface area contributed by atoms with Crippen LogP contribution in [0.25, 0.3) is 0 Å². The molecule has 1 fully saturated rings. The highest BCUT2D eigenvalue weighted by molar-refractivity contribution is 7.88. The van der Waals surface area contributed by atoms with Gasteiger partial charge in [-0.3, -0.25) is 4.79 Å². The van der Waals surface area contributed by atoms with Gasteiger partial charge in [-0.15, -0.1) is 11.3 Å². The molecular weight excluding hydrogens is 380 g/mol. The average molecular weight is 405 g/mol. The molecule has 2 unspecified atom stereocenters. The molecule has 7 heteroatoms. The summed E-state index contributed by atoms with van der Waals surface area (Å²) in [5.41, 5.74) is 2.32. The summed E-state index contributed by atoms with van der Waals surface area (Å²) in [6, 6.07) is 12.2. The molecule has 0 radical (unpaired) electrons. The molecule has 3 heterocycles. The minimum absolute atomic E-state index is 0.0778. The van der Waals surface area contributed by atoms with Gasteiger partial charge in [0.15, 0.2) is 0 Å². The third-order valence-electron chi connectivity index (χ3n) is 5.57. The molecular formula is C20H24N2O3S2. The van der Waals surface area contributed by atoms with Gasteiger partial charge in [0.1, 0.15) is 0 Å². The van der Waals surface area contributed by atoms with Gasteiger partial charge < -0.3 is 4.90 Å². The number of sulfonamides is 1. The number of amides is 1. The van der Waals surface area contributed by atoms with Crippen molar-refractivity contribution in [2.75, 3.05) is 25.9 Å². The summed E-state index contributed by atoms with van der Waals surface area (Å²) in [6.45, 7) is 1.49. The molecule has 2 aromatic rings. The molecule has 0 spiro atoms. The summed E-state index contributed by atoms with van der Waals surface area (Å²) in [7, 11) is -3.26. The van der Waals surface area contributed by atoms with Gasteiger partial charge in [-0.1, -0.05) is 30.3 Å². The molecule has 144 valence electrons. The van der Waals surface area contributed by atoms with Crippen molar-refractivity contribution in [2.45, 2.75) is 25.3 Å². The van der Waals surface area contributed by atoms with Crippen LogP contribution < -0.4 is 0 Å². The molecule has 0 aliphatic carbocycles. The zero-order valence-corrected chi connectivity index (χ0v) is 17.0. The average Bonchev–Trinajstić information content (AvgIpc) is 3.15. The van der Waals surface area contributed by atoms with E-state index in [4.69, 9.17) is 0 Å². The Bertz CT molecular complexity index is 924. The topological polar surface area (TPSA) is 57.7 Å². The Balaban J connectivity index is 1.64. The smallest absolute Gasteiger partial charge is 0.227 e. The van der Waals surface area contributed by atoms with Crippen LogP contribution in [0.5, 0.6) is 0 Å². The van der Waals surface area contributed by atoms with Gasteiger partial charge in [-0.05, 0) is 41.8 Å². The number of nitrogens with zero attached hydrogens (tertiary/aromatic N) is 2. The van der Waals surface area contributed by atoms with Gasteiger partial charge in [0.05, 0.1) is 18.2 Å². The molecule has 2 aliphatic rings. The third-order valence-corrected chi connectivity index (χ3v) is 7.83. The van der Waals surface area contributed by atoms with Gasteiger partial charge in [0.25, 0.3) is 0 Å². The van der Waals surface area contributed by atoms with Crippen molar-refractivity contribution in [1.29, 1.82) is 0 Å². The van der Waals surface area contributed by atoms with Crippen LogP contribution in [-0.4, -0.2) is 49.4 Å². The normalized spacial score (nSPS) is 23.8. The number of rotatable bonds is 3. The molecule has 27 heavy (non-hydrogen) atoms. The van der Waals surface area contributed by atoms with Crippen molar-refractivity contribution in [1.82, 2.24) is 9.21 Å². The number of hydrogen-bond donors (Lipinski definition) is 0. The lowest BCUT2D eigenvalue weighted by Crippen LogP contribution is -2.49. The predicted molar refractivity (Wildman–Crippen MR) is 107 cm³/mol. The second-order valence-corrected chi connectivity index (χ2v) is 10.3. The van der Waals surface area contributed by atoms with Crippen LogP contribution in [0.15, 0.2) is 41.8 Å². The minimum Gasteiger partial charge on any atom is -0.331 e. The number of carbonyl (C=O) groups excluding carboxylic acids is 1. The van der Waals surface area contributed by atoms with E-state index in [-0.39, 0.29) is 17.9 Å². The van der Waals surface area contributed by atoms with E-state index in [1.165, 1.54) is 21.0 Å². The van der Waals surface area contributed by atoms with Crippen LogP contribution in [0.1, 0.15) is 34.9 Å². The quantitative estimate of drug-likeness (QED) is 0.790. The molecule has 1 amide bonds. The van der Waals surface area contributed by atoms with Crippen molar-refractivity contribution in [3.63, 3.8) is 0 Å². The van der Waals surface area contributed by atoms with Crippen LogP contribution in [0.2, 0.25) is 0 Å². The van der Waals surface area contributed by atoms with E-state index in [2.05, 4.69) is 23.6 Å². The zero-order valence-electron chi connectivity index (χ0n) is 15.4. The molecule has 0 bridgehead atoms. The predicted octanol–water partition coefficient (Wildman–Crippen LogP) is 2.89. The second kappa shape index (κ2) is 7.37. The lowest BCUT2D eigenvalue weighted by molar-refractivity contribution is -0.138. The number of carbonyl (C=O) groups is 1. The maximum Gasteiger partial charge on any atom is 0.227 e. The molecule has 1 aromatic heterocycles. The molecule has 5 nitrogen and oxygen atoms in total. The molecule has 1 aromatic carbocycles. The van der Waals surface area contributed by atoms with E-state index >= 15 is 0 Å². The highest BCUT2D eigenvalue weighted by atomic mass is 32.2. The van der Waals surface area contributed by atoms with Crippen LogP contribution in [0, 0.1) is 5.92 Å². The Kier molecular flexibility index (Phi) is 5.09. The third kappa shape index (κ3) is 3.68. The molecule has 1 saturated heterocycles. The largest absolute Gasteiger partial charge is 0.331 e. The Morgan fingerprint density at radius 2 is 1.93 bits per heavy atom. The summed E-state index contributed by atoms with van der Waals surface area (Å²) in [5, 5.41) is 2.10. The highest BCUT2D eigenvalue weighted by Crippen LogP contribution is 2.39. The lowest BCUT2D eigenvalue weighted by Gasteiger charge is -2.40. The molecule has 2 aliphatic heterocycles. The summed E-state index contributed by atoms with van der Waals surface area (Å²) < 4.78 is 25.4. The fraction of sp³-hybridized carbons (Fsp3) is 0.450. The molecule has 4 rings (SSSR count). The highest BCUT2D eigenvalue weighted by Gasteiger charge is 2.38. The summed E-state index contributed by atoms with van der Waals surface area (Å²) in [6.07, 6.45) is 3.58. The minimum atomic E-state index is -3.26. The Morgan fingerprint density at radius 3 is 2.67 bits per heavy atom. The standard InChI is InChI=1S/C20H24N2O3S2/c1-27(24,25)21-11-5-8-16(14-21)20(23)22-12-9-18-17(10-13-26-18)19(22)15-6-3-2-4-7-15/h2-4,6-7,10,13,16,19H,5,8-9,11-12,14H2,1H3. The van der Waals surface area contributed by atoms with E-state index in [0.29, 0.717) is 19.6 Å². The Morgan fingerprint density at radius 1 is 1.15 bits per heavy atom. The summed E-state index contributed by atoms with van der Waals surface area (Å²) in [5.74, 6) is -0.186. The maximum absolute atomic E-state index is 13.4. The van der Waals surface area contributed by atoms with Crippen LogP contribution in [-0.2, 0) is 21.2 Å². The first-order valence-electron chi connectivity index (χ1n) is 9.32. The number of fused-ring (bicyclic) bond motifs is 1. The van der Waals surface area contributed by atoms with Crippen molar-refractivity contribution in [3.05, 3.63) is 57.8 Å². The fourth-order valence-corrected chi connectivity index (χ4v) is 6.04. The van der Waals surface area contributed by atoms with E-state index in [9.17, 15) is 13.2 Å². The maximum atomic E-state index is 13.4. The van der Waals surface area contributed by atoms with Crippen LogP contribution in [0.3, 0.4) is 0 Å². The number of piperidine rings is 1. The summed E-state index contributed by atoms with van der Waals surface area (Å²) >= 11 is 1.75. The molecule has 2 atom stereocenters. The number of benzene rings is 1. The SMILES string of the molecule is CS(=O)(=O)N1CCCC(C(=O)N2CCc3sccc3C2c2ccccc2)C1. The first-order valence-corrected chi connectivity index (χ1v) is 12.0. The Labute approximate surface area is 164 Å². The van der Waals surface area contributed by atoms with E-state index in [1.807, 2.05) is 23.1 Å². The number of hydrogen-bond acceptors (Lipinski definition) is 4. The number of thiophene rings is 1. The van der Waals surface area contributed by atoms with Crippen molar-refractivity contribution < 1.29 is 13.2 Å². The first kappa shape index (κ1) is 18.7. The van der Waals surface area contributed by atoms with Crippen molar-refractivity contribution in [2.24, 2.45) is 5.92 Å². The van der Waals surface area contributed by atoms with Crippen molar-refractivity contribution >= 4 is 27.3 Å². The molecule has 0 N–H and O–H groups in total. The summed E-state index contributed by atoms with van der Waals surface area (Å²) in [4.78, 5) is 16.8. The van der Waals surface area contributed by atoms with E-state index < -0.39 is 10.0 Å². The first-order chi connectivity index (χ1) is 12.9. The van der Waals surface area contributed by atoms with Gasteiger partial charge in [0, 0.05) is 24.5 Å². The zero-order chi connectivity index (χ0) is 19.0. The fourth-order valence-electron chi connectivity index (χ4n) is 4.23. The second-order valence-electron chi connectivity index (χ2n) is 7.35. The van der Waals surface area contributed by atoms with Crippen molar-refractivity contribution in [3.8, 4) is 0 Å². The van der Waals surface area contributed by atoms with Gasteiger partial charge >= 0.3 is 0 Å². The van der Waals surface area contributed by atoms with E-state index in [1.54, 1.807) is 11.3 Å². The van der Waals surface area contributed by atoms with Crippen LogP contribution in [0.4, 0.5) is 0 Å². The van der Waals surface area contributed by atoms with E-state index in [0.717, 1.165) is 24.8 Å². The molecule has 0 saturated carbocycles. The Hall–Kier alpha value is -1.70. The lowest BCUT2D eigenvalue weighted by atomic mass is 9.90. The van der Waals surface area contributed by atoms with Gasteiger partial charge in [0.2, 0.25) is 15.9 Å².